The smallest absolute Gasteiger partial charge is 0.183 e. The van der Waals surface area contributed by atoms with Gasteiger partial charge < -0.3 is 19.5 Å². The third kappa shape index (κ3) is 5.28. The van der Waals surface area contributed by atoms with Gasteiger partial charge in [0.2, 0.25) is 0 Å². The van der Waals surface area contributed by atoms with Crippen molar-refractivity contribution in [2.75, 3.05) is 34.0 Å². The molecule has 0 bridgehead atoms. The molecule has 0 unspecified atom stereocenters. The van der Waals surface area contributed by atoms with Gasteiger partial charge in [-0.25, -0.2) is 0 Å². The molecule has 1 aromatic rings. The number of hydrogen-bond donors (Lipinski definition) is 1. The maximum atomic E-state index is 5.40. The van der Waals surface area contributed by atoms with Gasteiger partial charge in [-0.05, 0) is 6.92 Å². The summed E-state index contributed by atoms with van der Waals surface area (Å²) < 4.78 is 15.9. The Balaban J connectivity index is 2.38. The van der Waals surface area contributed by atoms with Gasteiger partial charge in [-0.15, -0.1) is 0 Å². The molecule has 1 rings (SSSR count). The normalized spacial score (nSPS) is 10.3. The van der Waals surface area contributed by atoms with Crippen LogP contribution in [0.2, 0.25) is 0 Å². The fourth-order valence-electron chi connectivity index (χ4n) is 1.57. The van der Waals surface area contributed by atoms with Crippen LogP contribution in [0.4, 0.5) is 0 Å². The average Bonchev–Trinajstić information content (AvgIpc) is 2.41. The van der Waals surface area contributed by atoms with Crippen LogP contribution in [-0.2, 0) is 11.3 Å². The van der Waals surface area contributed by atoms with Crippen LogP contribution in [-0.4, -0.2) is 39.0 Å². The molecule has 0 spiro atoms. The van der Waals surface area contributed by atoms with Gasteiger partial charge in [0.25, 0.3) is 0 Å². The van der Waals surface area contributed by atoms with Crippen LogP contribution < -0.4 is 14.8 Å². The largest absolute Gasteiger partial charge is 0.493 e. The van der Waals surface area contributed by atoms with E-state index in [4.69, 9.17) is 14.2 Å². The van der Waals surface area contributed by atoms with E-state index in [9.17, 15) is 0 Å². The Morgan fingerprint density at radius 1 is 1.37 bits per heavy atom. The van der Waals surface area contributed by atoms with E-state index in [1.54, 1.807) is 26.5 Å². The highest BCUT2D eigenvalue weighted by Crippen LogP contribution is 2.28. The van der Waals surface area contributed by atoms with Crippen LogP contribution >= 0.6 is 0 Å². The van der Waals surface area contributed by atoms with Gasteiger partial charge in [0.05, 0.1) is 33.1 Å². The number of methoxy groups -OCH3 is 2. The number of nitrogens with one attached hydrogen (secondary N) is 1. The van der Waals surface area contributed by atoms with Crippen LogP contribution in [0.25, 0.3) is 0 Å². The van der Waals surface area contributed by atoms with Crippen LogP contribution in [0.15, 0.2) is 24.4 Å². The first-order chi connectivity index (χ1) is 9.19. The predicted octanol–water partition coefficient (Wildman–Crippen LogP) is 1.78. The minimum Gasteiger partial charge on any atom is -0.493 e. The molecule has 0 amide bonds. The van der Waals surface area contributed by atoms with Crippen molar-refractivity contribution < 1.29 is 14.2 Å². The summed E-state index contributed by atoms with van der Waals surface area (Å²) in [5, 5.41) is 3.25. The molecule has 0 radical (unpaired) electrons. The van der Waals surface area contributed by atoms with Crippen molar-refractivity contribution in [3.8, 4) is 11.5 Å². The summed E-state index contributed by atoms with van der Waals surface area (Å²) >= 11 is 0. The Kier molecular flexibility index (Phi) is 6.92. The lowest BCUT2D eigenvalue weighted by molar-refractivity contribution is 0.157. The summed E-state index contributed by atoms with van der Waals surface area (Å²) in [4.78, 5) is 4.28. The molecule has 0 aliphatic carbocycles. The van der Waals surface area contributed by atoms with E-state index in [0.717, 1.165) is 17.8 Å². The Morgan fingerprint density at radius 3 is 2.79 bits per heavy atom. The summed E-state index contributed by atoms with van der Waals surface area (Å²) in [6, 6.07) is 1.78. The maximum Gasteiger partial charge on any atom is 0.183 e. The Bertz CT molecular complexity index is 408. The zero-order chi connectivity index (χ0) is 14.1. The van der Waals surface area contributed by atoms with E-state index in [1.807, 2.05) is 6.92 Å². The molecule has 19 heavy (non-hydrogen) atoms. The molecule has 0 saturated heterocycles. The lowest BCUT2D eigenvalue weighted by atomic mass is 10.3. The highest BCUT2D eigenvalue weighted by Gasteiger charge is 2.10. The molecule has 0 aliphatic rings. The first-order valence-corrected chi connectivity index (χ1v) is 6.17. The third-order valence-electron chi connectivity index (χ3n) is 2.43. The van der Waals surface area contributed by atoms with Gasteiger partial charge in [0.1, 0.15) is 0 Å². The molecule has 1 N–H and O–H groups in total. The highest BCUT2D eigenvalue weighted by molar-refractivity contribution is 5.42. The molecule has 0 aromatic carbocycles. The van der Waals surface area contributed by atoms with Gasteiger partial charge in [-0.2, -0.15) is 0 Å². The summed E-state index contributed by atoms with van der Waals surface area (Å²) in [5.41, 5.74) is 1.85. The van der Waals surface area contributed by atoms with Gasteiger partial charge in [-0.3, -0.25) is 4.98 Å². The second-order valence-corrected chi connectivity index (χ2v) is 4.18. The molecule has 0 saturated carbocycles. The number of aromatic nitrogens is 1. The highest BCUT2D eigenvalue weighted by atomic mass is 16.5. The van der Waals surface area contributed by atoms with Gasteiger partial charge in [0.15, 0.2) is 11.5 Å². The lowest BCUT2D eigenvalue weighted by Crippen LogP contribution is -2.20. The molecule has 5 heteroatoms. The Hall–Kier alpha value is -1.59. The van der Waals surface area contributed by atoms with Crippen molar-refractivity contribution in [3.05, 3.63) is 30.1 Å². The maximum absolute atomic E-state index is 5.40. The van der Waals surface area contributed by atoms with Crippen molar-refractivity contribution >= 4 is 0 Å². The van der Waals surface area contributed by atoms with Crippen LogP contribution in [0.1, 0.15) is 12.6 Å². The minimum atomic E-state index is 0.600. The van der Waals surface area contributed by atoms with E-state index < -0.39 is 0 Å². The van der Waals surface area contributed by atoms with Gasteiger partial charge in [0, 0.05) is 25.4 Å². The summed E-state index contributed by atoms with van der Waals surface area (Å²) in [5.74, 6) is 1.35. The second-order valence-electron chi connectivity index (χ2n) is 4.18. The fourth-order valence-corrected chi connectivity index (χ4v) is 1.57. The van der Waals surface area contributed by atoms with Crippen molar-refractivity contribution in [3.63, 3.8) is 0 Å². The molecular formula is C14H22N2O3. The molecule has 1 heterocycles. The fraction of sp³-hybridized carbons (Fsp3) is 0.500. The summed E-state index contributed by atoms with van der Waals surface area (Å²) in [6.45, 7) is 8.31. The number of nitrogens with zero attached hydrogens (tertiary/aromatic N) is 1. The van der Waals surface area contributed by atoms with Crippen molar-refractivity contribution in [2.45, 2.75) is 13.5 Å². The molecule has 5 nitrogen and oxygen atoms in total. The van der Waals surface area contributed by atoms with E-state index in [0.29, 0.717) is 31.3 Å². The molecule has 1 aromatic heterocycles. The van der Waals surface area contributed by atoms with Gasteiger partial charge in [-0.1, -0.05) is 12.2 Å². The Morgan fingerprint density at radius 2 is 2.16 bits per heavy atom. The third-order valence-corrected chi connectivity index (χ3v) is 2.43. The average molecular weight is 266 g/mol. The van der Waals surface area contributed by atoms with Crippen LogP contribution in [0.3, 0.4) is 0 Å². The topological polar surface area (TPSA) is 52.6 Å². The lowest BCUT2D eigenvalue weighted by Gasteiger charge is -2.12. The van der Waals surface area contributed by atoms with Crippen molar-refractivity contribution in [1.29, 1.82) is 0 Å². The minimum absolute atomic E-state index is 0.600. The summed E-state index contributed by atoms with van der Waals surface area (Å²) in [7, 11) is 3.22. The number of rotatable bonds is 9. The van der Waals surface area contributed by atoms with E-state index in [1.165, 1.54) is 0 Å². The van der Waals surface area contributed by atoms with Gasteiger partial charge >= 0.3 is 0 Å². The predicted molar refractivity (Wildman–Crippen MR) is 74.7 cm³/mol. The first-order valence-electron chi connectivity index (χ1n) is 6.17. The molecular weight excluding hydrogens is 244 g/mol. The Labute approximate surface area is 114 Å². The molecule has 0 atom stereocenters. The number of ether oxygens (including phenoxy) is 3. The number of pyridine rings is 1. The van der Waals surface area contributed by atoms with Crippen LogP contribution in [0.5, 0.6) is 11.5 Å². The monoisotopic (exact) mass is 266 g/mol. The standard InChI is InChI=1S/C14H22N2O3/c1-11(2)10-19-8-7-15-9-12-14(18-4)13(17-3)5-6-16-12/h5-6,15H,1,7-10H2,2-4H3. The van der Waals surface area contributed by atoms with Crippen molar-refractivity contribution in [2.24, 2.45) is 0 Å². The zero-order valence-electron chi connectivity index (χ0n) is 11.9. The SMILES string of the molecule is C=C(C)COCCNCc1nccc(OC)c1OC. The number of hydrogen-bond acceptors (Lipinski definition) is 5. The van der Waals surface area contributed by atoms with E-state index in [-0.39, 0.29) is 0 Å². The van der Waals surface area contributed by atoms with Crippen molar-refractivity contribution in [1.82, 2.24) is 10.3 Å². The van der Waals surface area contributed by atoms with Crippen LogP contribution in [0, 0.1) is 0 Å². The molecule has 0 fully saturated rings. The molecule has 0 aliphatic heterocycles. The zero-order valence-corrected chi connectivity index (χ0v) is 11.9. The van der Waals surface area contributed by atoms with E-state index >= 15 is 0 Å². The van der Waals surface area contributed by atoms with E-state index in [2.05, 4.69) is 16.9 Å². The quantitative estimate of drug-likeness (QED) is 0.545. The second kappa shape index (κ2) is 8.50. The molecule has 106 valence electrons. The first kappa shape index (κ1) is 15.5. The summed E-state index contributed by atoms with van der Waals surface area (Å²) in [6.07, 6.45) is 1.70.